The summed E-state index contributed by atoms with van der Waals surface area (Å²) in [7, 11) is 0. The van der Waals surface area contributed by atoms with Gasteiger partial charge in [-0.1, -0.05) is 43.5 Å². The summed E-state index contributed by atoms with van der Waals surface area (Å²) in [6.45, 7) is 1.81. The molecule has 16 heavy (non-hydrogen) atoms. The lowest BCUT2D eigenvalue weighted by Crippen LogP contribution is -2.29. The second kappa shape index (κ2) is 9.09. The molecule has 0 aromatic rings. The van der Waals surface area contributed by atoms with E-state index in [2.05, 4.69) is 37.9 Å². The molecule has 0 spiro atoms. The van der Waals surface area contributed by atoms with E-state index in [1.54, 1.807) is 6.07 Å². The van der Waals surface area contributed by atoms with Gasteiger partial charge in [-0.2, -0.15) is 10.5 Å². The first-order valence-corrected chi connectivity index (χ1v) is 7.49. The number of nitrogens with zero attached hydrogens (tertiary/aromatic N) is 2. The Kier molecular flexibility index (Phi) is 11.0. The van der Waals surface area contributed by atoms with E-state index in [0.29, 0.717) is 5.33 Å². The number of hydrogen-bond donors (Lipinski definition) is 0. The average Bonchev–Trinajstić information content (AvgIpc) is 2.28. The molecule has 8 heteroatoms. The fraction of sp³-hybridized carbons (Fsp3) is 0.750. The van der Waals surface area contributed by atoms with Crippen LogP contribution in [0, 0.1) is 22.7 Å². The summed E-state index contributed by atoms with van der Waals surface area (Å²) in [5, 5.41) is 17.3. The fourth-order valence-corrected chi connectivity index (χ4v) is 0.916. The van der Waals surface area contributed by atoms with Gasteiger partial charge in [-0.25, -0.2) is 0 Å². The Morgan fingerprint density at radius 1 is 1.31 bits per heavy atom. The summed E-state index contributed by atoms with van der Waals surface area (Å²) in [5.74, 6) is -0.0806. The van der Waals surface area contributed by atoms with Crippen molar-refractivity contribution in [1.82, 2.24) is 0 Å². The summed E-state index contributed by atoms with van der Waals surface area (Å²) in [4.78, 5) is -2.30. The van der Waals surface area contributed by atoms with Gasteiger partial charge in [-0.3, -0.25) is 0 Å². The maximum absolute atomic E-state index is 8.32. The Hall–Kier alpha value is 1.10. The molecule has 0 N–H and O–H groups in total. The fourth-order valence-electron chi connectivity index (χ4n) is 0.167. The molecule has 0 fully saturated rings. The first kappa shape index (κ1) is 19.4. The van der Waals surface area contributed by atoms with Crippen LogP contribution < -0.4 is 0 Å². The lowest BCUT2D eigenvalue weighted by molar-refractivity contribution is 0.871. The van der Waals surface area contributed by atoms with Crippen LogP contribution in [0.25, 0.3) is 0 Å². The molecule has 0 unspecified atom stereocenters. The van der Waals surface area contributed by atoms with Gasteiger partial charge >= 0.3 is 0 Å². The first-order valence-electron chi connectivity index (χ1n) is 3.79. The van der Waals surface area contributed by atoms with Gasteiger partial charge in [-0.05, 0) is 6.92 Å². The number of nitriles is 2. The molecule has 0 aliphatic rings. The van der Waals surface area contributed by atoms with Crippen LogP contribution in [0.15, 0.2) is 0 Å². The number of hydrogen-bond acceptors (Lipinski definition) is 2. The molecule has 2 nitrogen and oxygen atoms in total. The Balaban J connectivity index is 0. The second-order valence-corrected chi connectivity index (χ2v) is 7.20. The van der Waals surface area contributed by atoms with Gasteiger partial charge in [0.2, 0.25) is 0 Å². The summed E-state index contributed by atoms with van der Waals surface area (Å²) in [6, 6.07) is 3.76. The summed E-state index contributed by atoms with van der Waals surface area (Å²) < 4.78 is -0.382. The average molecular weight is 434 g/mol. The van der Waals surface area contributed by atoms with Crippen molar-refractivity contribution in [1.29, 1.82) is 10.5 Å². The molecular formula is C8H8Br2Cl4N2. The number of rotatable bonds is 3. The third-order valence-corrected chi connectivity index (χ3v) is 5.51. The second-order valence-electron chi connectivity index (χ2n) is 2.85. The molecule has 0 amide bonds. The van der Waals surface area contributed by atoms with Crippen molar-refractivity contribution >= 4 is 78.3 Å². The summed E-state index contributed by atoms with van der Waals surface area (Å²) in [6.07, 6.45) is 0. The van der Waals surface area contributed by atoms with Gasteiger partial charge in [0.05, 0.1) is 18.0 Å². The van der Waals surface area contributed by atoms with Crippen molar-refractivity contribution in [3.05, 3.63) is 0 Å². The van der Waals surface area contributed by atoms with Gasteiger partial charge < -0.3 is 0 Å². The monoisotopic (exact) mass is 430 g/mol. The molecule has 0 aromatic heterocycles. The highest BCUT2D eigenvalue weighted by Gasteiger charge is 2.33. The highest BCUT2D eigenvalue weighted by atomic mass is 79.9. The Morgan fingerprint density at radius 3 is 1.75 bits per heavy atom. The molecule has 2 atom stereocenters. The van der Waals surface area contributed by atoms with Crippen LogP contribution in [0.3, 0.4) is 0 Å². The van der Waals surface area contributed by atoms with Gasteiger partial charge in [0.1, 0.15) is 9.16 Å². The SMILES string of the molecule is C[C@@](Br)(C#N)CBr.N#C[C@](Cl)(CCl)C(Cl)Cl. The normalized spacial score (nSPS) is 17.1. The molecule has 0 bridgehead atoms. The van der Waals surface area contributed by atoms with Crippen molar-refractivity contribution in [2.75, 3.05) is 11.2 Å². The highest BCUT2D eigenvalue weighted by Crippen LogP contribution is 2.27. The molecule has 0 aliphatic carbocycles. The molecule has 92 valence electrons. The van der Waals surface area contributed by atoms with E-state index in [1.807, 2.05) is 6.92 Å². The van der Waals surface area contributed by atoms with E-state index >= 15 is 0 Å². The topological polar surface area (TPSA) is 47.6 Å². The zero-order valence-corrected chi connectivity index (χ0v) is 14.3. The standard InChI is InChI=1S/C4H5Br2N.C4H3Cl4N/c1-4(6,2-5)3-7;5-1-4(8,2-9)3(6)7/h2H2,1H3;3H,1H2/t2*4-/m01/s1. The lowest BCUT2D eigenvalue weighted by atomic mass is 10.2. The molecule has 0 aromatic carbocycles. The third-order valence-electron chi connectivity index (χ3n) is 1.21. The van der Waals surface area contributed by atoms with E-state index in [9.17, 15) is 0 Å². The Bertz CT molecular complexity index is 285. The quantitative estimate of drug-likeness (QED) is 0.611. The van der Waals surface area contributed by atoms with E-state index in [1.165, 1.54) is 0 Å². The molecule has 0 radical (unpaired) electrons. The van der Waals surface area contributed by atoms with Crippen LogP contribution in [0.5, 0.6) is 0 Å². The van der Waals surface area contributed by atoms with Crippen molar-refractivity contribution in [2.24, 2.45) is 0 Å². The number of alkyl halides is 6. The molecule has 0 aliphatic heterocycles. The zero-order valence-electron chi connectivity index (χ0n) is 8.15. The van der Waals surface area contributed by atoms with Gasteiger partial charge in [0.25, 0.3) is 0 Å². The molecule has 0 rings (SSSR count). The van der Waals surface area contributed by atoms with Crippen molar-refractivity contribution in [2.45, 2.75) is 21.0 Å². The minimum atomic E-state index is -1.34. The van der Waals surface area contributed by atoms with Crippen LogP contribution in [0.2, 0.25) is 0 Å². The maximum Gasteiger partial charge on any atom is 0.174 e. The van der Waals surface area contributed by atoms with Crippen LogP contribution in [0.1, 0.15) is 6.92 Å². The van der Waals surface area contributed by atoms with Crippen LogP contribution >= 0.6 is 78.3 Å². The van der Waals surface area contributed by atoms with Gasteiger partial charge in [0, 0.05) is 5.33 Å². The predicted molar refractivity (Wildman–Crippen MR) is 77.2 cm³/mol. The van der Waals surface area contributed by atoms with Gasteiger partial charge in [0.15, 0.2) is 4.87 Å². The smallest absolute Gasteiger partial charge is 0.174 e. The Labute approximate surface area is 132 Å². The van der Waals surface area contributed by atoms with E-state index in [-0.39, 0.29) is 10.2 Å². The van der Waals surface area contributed by atoms with Crippen LogP contribution in [0.4, 0.5) is 0 Å². The molecule has 0 saturated carbocycles. The maximum atomic E-state index is 8.32. The van der Waals surface area contributed by atoms with Crippen molar-refractivity contribution in [3.63, 3.8) is 0 Å². The molecule has 0 saturated heterocycles. The first-order chi connectivity index (χ1) is 7.19. The van der Waals surface area contributed by atoms with Crippen molar-refractivity contribution < 1.29 is 0 Å². The minimum Gasteiger partial charge on any atom is -0.197 e. The minimum absolute atomic E-state index is 0.0806. The molecule has 0 heterocycles. The van der Waals surface area contributed by atoms with Crippen molar-refractivity contribution in [3.8, 4) is 12.1 Å². The summed E-state index contributed by atoms with van der Waals surface area (Å²) in [5.41, 5.74) is 0. The van der Waals surface area contributed by atoms with Gasteiger partial charge in [-0.15, -0.1) is 34.8 Å². The summed E-state index contributed by atoms with van der Waals surface area (Å²) >= 11 is 27.7. The van der Waals surface area contributed by atoms with Crippen LogP contribution in [-0.4, -0.2) is 25.2 Å². The lowest BCUT2D eigenvalue weighted by Gasteiger charge is -2.15. The largest absolute Gasteiger partial charge is 0.197 e. The Morgan fingerprint density at radius 2 is 1.75 bits per heavy atom. The number of halogens is 6. The highest BCUT2D eigenvalue weighted by molar-refractivity contribution is 9.12. The van der Waals surface area contributed by atoms with E-state index in [4.69, 9.17) is 56.9 Å². The molecular weight excluding hydrogens is 426 g/mol. The zero-order chi connectivity index (χ0) is 13.4. The predicted octanol–water partition coefficient (Wildman–Crippen LogP) is 4.59. The third kappa shape index (κ3) is 8.23. The van der Waals surface area contributed by atoms with Crippen LogP contribution in [-0.2, 0) is 0 Å². The van der Waals surface area contributed by atoms with E-state index < -0.39 is 9.71 Å². The van der Waals surface area contributed by atoms with E-state index in [0.717, 1.165) is 0 Å².